The lowest BCUT2D eigenvalue weighted by Gasteiger charge is -2.07. The third-order valence-electron chi connectivity index (χ3n) is 2.87. The van der Waals surface area contributed by atoms with Crippen LogP contribution < -0.4 is 5.73 Å². The number of anilines is 1. The highest BCUT2D eigenvalue weighted by Gasteiger charge is 2.16. The van der Waals surface area contributed by atoms with Crippen LogP contribution in [0.15, 0.2) is 36.4 Å². The summed E-state index contributed by atoms with van der Waals surface area (Å²) in [5, 5.41) is 7.64. The van der Waals surface area contributed by atoms with Crippen molar-refractivity contribution in [2.75, 3.05) is 12.8 Å². The van der Waals surface area contributed by atoms with Gasteiger partial charge in [-0.3, -0.25) is 0 Å². The first-order valence-electron chi connectivity index (χ1n) is 5.86. The van der Waals surface area contributed by atoms with Gasteiger partial charge in [0.1, 0.15) is 0 Å². The molecule has 0 fully saturated rings. The molecule has 2 N–H and O–H groups in total. The topological polar surface area (TPSA) is 95.4 Å². The fourth-order valence-electron chi connectivity index (χ4n) is 1.96. The minimum absolute atomic E-state index is 0.159. The molecule has 0 aliphatic heterocycles. The lowest BCUT2D eigenvalue weighted by atomic mass is 10.1. The molecule has 0 aliphatic rings. The maximum Gasteiger partial charge on any atom is 0.356 e. The van der Waals surface area contributed by atoms with Crippen LogP contribution in [0.2, 0.25) is 0 Å². The van der Waals surface area contributed by atoms with Gasteiger partial charge < -0.3 is 10.5 Å². The van der Waals surface area contributed by atoms with Gasteiger partial charge in [-0.05, 0) is 11.6 Å². The number of nitrogens with zero attached hydrogens (tertiary/aromatic N) is 4. The summed E-state index contributed by atoms with van der Waals surface area (Å²) in [6.45, 7) is 0. The summed E-state index contributed by atoms with van der Waals surface area (Å²) in [4.78, 5) is 15.8. The predicted molar refractivity (Wildman–Crippen MR) is 72.0 cm³/mol. The number of rotatable bonds is 2. The maximum absolute atomic E-state index is 11.7. The van der Waals surface area contributed by atoms with E-state index in [1.807, 2.05) is 30.3 Å². The van der Waals surface area contributed by atoms with E-state index in [1.54, 1.807) is 10.5 Å². The number of nitrogens with two attached hydrogens (primary N) is 1. The third kappa shape index (κ3) is 1.85. The van der Waals surface area contributed by atoms with Crippen LogP contribution in [-0.4, -0.2) is 32.7 Å². The summed E-state index contributed by atoms with van der Waals surface area (Å²) in [6.07, 6.45) is 0. The zero-order valence-corrected chi connectivity index (χ0v) is 10.6. The lowest BCUT2D eigenvalue weighted by Crippen LogP contribution is -2.08. The van der Waals surface area contributed by atoms with E-state index < -0.39 is 5.97 Å². The van der Waals surface area contributed by atoms with Crippen LogP contribution in [0.3, 0.4) is 0 Å². The van der Waals surface area contributed by atoms with Crippen LogP contribution in [0.5, 0.6) is 0 Å². The first-order chi connectivity index (χ1) is 9.70. The molecule has 100 valence electrons. The van der Waals surface area contributed by atoms with Crippen LogP contribution in [-0.2, 0) is 4.74 Å². The van der Waals surface area contributed by atoms with Crippen molar-refractivity contribution in [3.05, 3.63) is 42.1 Å². The fraction of sp³-hybridized carbons (Fsp3) is 0.0769. The molecular weight excluding hydrogens is 258 g/mol. The number of methoxy groups -OCH3 is 1. The van der Waals surface area contributed by atoms with Crippen molar-refractivity contribution in [3.8, 4) is 11.3 Å². The zero-order valence-electron chi connectivity index (χ0n) is 10.6. The molecule has 0 radical (unpaired) electrons. The molecule has 3 rings (SSSR count). The highest BCUT2D eigenvalue weighted by Crippen LogP contribution is 2.22. The summed E-state index contributed by atoms with van der Waals surface area (Å²) in [6, 6.07) is 11.1. The van der Waals surface area contributed by atoms with Crippen molar-refractivity contribution in [1.82, 2.24) is 19.6 Å². The van der Waals surface area contributed by atoms with Gasteiger partial charge in [-0.25, -0.2) is 14.2 Å². The Balaban J connectivity index is 2.33. The van der Waals surface area contributed by atoms with Crippen LogP contribution in [0.1, 0.15) is 10.5 Å². The van der Waals surface area contributed by atoms with Gasteiger partial charge in [0, 0.05) is 0 Å². The van der Waals surface area contributed by atoms with Crippen molar-refractivity contribution in [3.63, 3.8) is 0 Å². The Morgan fingerprint density at radius 3 is 2.70 bits per heavy atom. The number of aromatic nitrogens is 4. The quantitative estimate of drug-likeness (QED) is 0.701. The minimum atomic E-state index is -0.536. The molecule has 2 aromatic heterocycles. The van der Waals surface area contributed by atoms with E-state index in [4.69, 9.17) is 10.5 Å². The number of nitrogen functional groups attached to an aromatic ring is 1. The summed E-state index contributed by atoms with van der Waals surface area (Å²) >= 11 is 0. The molecular formula is C13H11N5O2. The number of fused-ring (bicyclic) bond motifs is 1. The Bertz CT molecular complexity index is 782. The SMILES string of the molecule is COC(=O)c1cc(-c2ccccc2)n2c(N)nnc2n1. The van der Waals surface area contributed by atoms with E-state index in [1.165, 1.54) is 7.11 Å². The second-order valence-electron chi connectivity index (χ2n) is 4.08. The number of carbonyl (C=O) groups excluding carboxylic acids is 1. The van der Waals surface area contributed by atoms with Crippen molar-refractivity contribution < 1.29 is 9.53 Å². The molecule has 7 nitrogen and oxygen atoms in total. The minimum Gasteiger partial charge on any atom is -0.464 e. The number of hydrogen-bond donors (Lipinski definition) is 1. The Morgan fingerprint density at radius 1 is 1.25 bits per heavy atom. The Hall–Kier alpha value is -2.96. The van der Waals surface area contributed by atoms with Crippen LogP contribution >= 0.6 is 0 Å². The molecule has 0 saturated heterocycles. The first kappa shape index (κ1) is 12.1. The Morgan fingerprint density at radius 2 is 2.00 bits per heavy atom. The van der Waals surface area contributed by atoms with Crippen LogP contribution in [0.4, 0.5) is 5.95 Å². The molecule has 0 bridgehead atoms. The average molecular weight is 269 g/mol. The average Bonchev–Trinajstić information content (AvgIpc) is 2.88. The number of carbonyl (C=O) groups is 1. The van der Waals surface area contributed by atoms with E-state index in [0.717, 1.165) is 5.56 Å². The Labute approximate surface area is 114 Å². The normalized spacial score (nSPS) is 10.7. The molecule has 20 heavy (non-hydrogen) atoms. The number of hydrogen-bond acceptors (Lipinski definition) is 6. The maximum atomic E-state index is 11.7. The van der Waals surface area contributed by atoms with Gasteiger partial charge in [-0.1, -0.05) is 30.3 Å². The molecule has 0 saturated carbocycles. The van der Waals surface area contributed by atoms with Gasteiger partial charge >= 0.3 is 5.97 Å². The third-order valence-corrected chi connectivity index (χ3v) is 2.87. The second kappa shape index (κ2) is 4.61. The summed E-state index contributed by atoms with van der Waals surface area (Å²) < 4.78 is 6.28. The summed E-state index contributed by atoms with van der Waals surface area (Å²) in [5.41, 5.74) is 7.52. The van der Waals surface area contributed by atoms with E-state index in [0.29, 0.717) is 5.69 Å². The molecule has 0 amide bonds. The van der Waals surface area contributed by atoms with Gasteiger partial charge in [-0.15, -0.1) is 10.2 Å². The summed E-state index contributed by atoms with van der Waals surface area (Å²) in [7, 11) is 1.30. The van der Waals surface area contributed by atoms with Crippen LogP contribution in [0.25, 0.3) is 17.0 Å². The van der Waals surface area contributed by atoms with E-state index >= 15 is 0 Å². The standard InChI is InChI=1S/C13H11N5O2/c1-20-11(19)9-7-10(8-5-3-2-4-6-8)18-12(14)16-17-13(18)15-9/h2-7H,1H3,(H2,14,16). The molecule has 3 aromatic rings. The van der Waals surface area contributed by atoms with E-state index in [-0.39, 0.29) is 17.4 Å². The van der Waals surface area contributed by atoms with Gasteiger partial charge in [-0.2, -0.15) is 0 Å². The molecule has 0 aliphatic carbocycles. The molecule has 7 heteroatoms. The smallest absolute Gasteiger partial charge is 0.356 e. The molecule has 0 atom stereocenters. The van der Waals surface area contributed by atoms with Gasteiger partial charge in [0.25, 0.3) is 5.78 Å². The van der Waals surface area contributed by atoms with Crippen molar-refractivity contribution in [2.45, 2.75) is 0 Å². The van der Waals surface area contributed by atoms with Crippen molar-refractivity contribution in [1.29, 1.82) is 0 Å². The fourth-order valence-corrected chi connectivity index (χ4v) is 1.96. The van der Waals surface area contributed by atoms with Crippen LogP contribution in [0, 0.1) is 0 Å². The monoisotopic (exact) mass is 269 g/mol. The van der Waals surface area contributed by atoms with Gasteiger partial charge in [0.15, 0.2) is 5.69 Å². The Kier molecular flexibility index (Phi) is 2.79. The van der Waals surface area contributed by atoms with Crippen molar-refractivity contribution >= 4 is 17.7 Å². The second-order valence-corrected chi connectivity index (χ2v) is 4.08. The number of benzene rings is 1. The highest BCUT2D eigenvalue weighted by atomic mass is 16.5. The molecule has 0 unspecified atom stereocenters. The highest BCUT2D eigenvalue weighted by molar-refractivity contribution is 5.89. The van der Waals surface area contributed by atoms with Gasteiger partial charge in [0.05, 0.1) is 12.8 Å². The molecule has 1 aromatic carbocycles. The van der Waals surface area contributed by atoms with Crippen molar-refractivity contribution in [2.24, 2.45) is 0 Å². The number of ether oxygens (including phenoxy) is 1. The molecule has 0 spiro atoms. The lowest BCUT2D eigenvalue weighted by molar-refractivity contribution is 0.0594. The first-order valence-corrected chi connectivity index (χ1v) is 5.86. The largest absolute Gasteiger partial charge is 0.464 e. The van der Waals surface area contributed by atoms with E-state index in [2.05, 4.69) is 15.2 Å². The predicted octanol–water partition coefficient (Wildman–Crippen LogP) is 1.16. The van der Waals surface area contributed by atoms with Gasteiger partial charge in [0.2, 0.25) is 5.95 Å². The zero-order chi connectivity index (χ0) is 14.1. The number of esters is 1. The molecule has 2 heterocycles. The summed E-state index contributed by atoms with van der Waals surface area (Å²) in [5.74, 6) is -0.0710. The van der Waals surface area contributed by atoms with E-state index in [9.17, 15) is 4.79 Å².